The maximum atomic E-state index is 12.2. The molecule has 1 aromatic carbocycles. The second kappa shape index (κ2) is 7.60. The Morgan fingerprint density at radius 3 is 2.62 bits per heavy atom. The second-order valence-electron chi connectivity index (χ2n) is 5.73. The van der Waals surface area contributed by atoms with E-state index >= 15 is 0 Å². The van der Waals surface area contributed by atoms with E-state index in [-0.39, 0.29) is 24.4 Å². The molecule has 0 unspecified atom stereocenters. The van der Waals surface area contributed by atoms with Crippen LogP contribution in [0.2, 0.25) is 5.02 Å². The molecule has 1 aromatic rings. The smallest absolute Gasteiger partial charge is 0.167 e. The van der Waals surface area contributed by atoms with Crippen LogP contribution in [0.25, 0.3) is 0 Å². The maximum absolute atomic E-state index is 12.2. The molecular formula is C17H21ClO3. The molecule has 0 aliphatic heterocycles. The first-order chi connectivity index (χ1) is 10.1. The van der Waals surface area contributed by atoms with E-state index in [1.165, 1.54) is 32.6 Å². The van der Waals surface area contributed by atoms with E-state index in [9.17, 15) is 9.59 Å². The number of ketones is 2. The summed E-state index contributed by atoms with van der Waals surface area (Å²) in [6.45, 7) is 2.14. The van der Waals surface area contributed by atoms with E-state index < -0.39 is 0 Å². The summed E-state index contributed by atoms with van der Waals surface area (Å²) in [4.78, 5) is 23.2. The van der Waals surface area contributed by atoms with Crippen LogP contribution in [0.15, 0.2) is 18.2 Å². The van der Waals surface area contributed by atoms with E-state index in [1.54, 1.807) is 18.2 Å². The normalized spacial score (nSPS) is 15.1. The van der Waals surface area contributed by atoms with Gasteiger partial charge in [0.2, 0.25) is 0 Å². The molecule has 1 saturated carbocycles. The van der Waals surface area contributed by atoms with Crippen LogP contribution in [-0.2, 0) is 4.79 Å². The van der Waals surface area contributed by atoms with E-state index in [1.807, 2.05) is 0 Å². The minimum atomic E-state index is -0.0888. The Labute approximate surface area is 130 Å². The Bertz CT molecular complexity index is 519. The van der Waals surface area contributed by atoms with Gasteiger partial charge in [0.1, 0.15) is 11.5 Å². The lowest BCUT2D eigenvalue weighted by molar-refractivity contribution is -0.116. The number of Topliss-reactive ketones (excluding diaryl/α,β-unsaturated/α-hetero) is 2. The third kappa shape index (κ3) is 4.85. The van der Waals surface area contributed by atoms with Crippen molar-refractivity contribution in [2.75, 3.05) is 6.61 Å². The molecule has 114 valence electrons. The van der Waals surface area contributed by atoms with E-state index in [4.69, 9.17) is 16.3 Å². The van der Waals surface area contributed by atoms with Gasteiger partial charge in [-0.05, 0) is 43.9 Å². The zero-order valence-electron chi connectivity index (χ0n) is 12.4. The average Bonchev–Trinajstić information content (AvgIpc) is 2.96. The van der Waals surface area contributed by atoms with E-state index in [0.29, 0.717) is 28.9 Å². The second-order valence-corrected chi connectivity index (χ2v) is 6.16. The Hall–Kier alpha value is -1.35. The topological polar surface area (TPSA) is 43.4 Å². The number of hydrogen-bond acceptors (Lipinski definition) is 3. The van der Waals surface area contributed by atoms with Crippen LogP contribution in [0.4, 0.5) is 0 Å². The molecular weight excluding hydrogens is 288 g/mol. The van der Waals surface area contributed by atoms with Gasteiger partial charge in [-0.25, -0.2) is 0 Å². The van der Waals surface area contributed by atoms with Gasteiger partial charge in [-0.3, -0.25) is 4.79 Å². The molecule has 0 saturated heterocycles. The average molecular weight is 309 g/mol. The molecule has 0 N–H and O–H groups in total. The van der Waals surface area contributed by atoms with Gasteiger partial charge in [0, 0.05) is 17.9 Å². The molecule has 0 atom stereocenters. The number of carbonyl (C=O) groups is 2. The van der Waals surface area contributed by atoms with E-state index in [0.717, 1.165) is 0 Å². The number of halogens is 1. The fourth-order valence-corrected chi connectivity index (χ4v) is 2.83. The predicted molar refractivity (Wildman–Crippen MR) is 83.2 cm³/mol. The molecule has 1 aliphatic carbocycles. The molecule has 4 heteroatoms. The largest absolute Gasteiger partial charge is 0.493 e. The third-order valence-corrected chi connectivity index (χ3v) is 4.13. The van der Waals surface area contributed by atoms with Gasteiger partial charge in [-0.15, -0.1) is 0 Å². The number of carbonyl (C=O) groups excluding carboxylic acids is 2. The minimum Gasteiger partial charge on any atom is -0.493 e. The zero-order valence-corrected chi connectivity index (χ0v) is 13.1. The lowest BCUT2D eigenvalue weighted by Gasteiger charge is -2.14. The van der Waals surface area contributed by atoms with Gasteiger partial charge >= 0.3 is 0 Å². The van der Waals surface area contributed by atoms with Crippen LogP contribution in [0.1, 0.15) is 55.8 Å². The fraction of sp³-hybridized carbons (Fsp3) is 0.529. The lowest BCUT2D eigenvalue weighted by atomic mass is 10.0. The van der Waals surface area contributed by atoms with Gasteiger partial charge in [0.05, 0.1) is 12.2 Å². The maximum Gasteiger partial charge on any atom is 0.167 e. The van der Waals surface area contributed by atoms with Crippen molar-refractivity contribution in [3.05, 3.63) is 28.8 Å². The summed E-state index contributed by atoms with van der Waals surface area (Å²) in [7, 11) is 0. The minimum absolute atomic E-state index is 0.0128. The van der Waals surface area contributed by atoms with Gasteiger partial charge in [0.25, 0.3) is 0 Å². The Morgan fingerprint density at radius 2 is 1.95 bits per heavy atom. The summed E-state index contributed by atoms with van der Waals surface area (Å²) < 4.78 is 5.84. The highest BCUT2D eigenvalue weighted by molar-refractivity contribution is 6.31. The Morgan fingerprint density at radius 1 is 1.24 bits per heavy atom. The molecule has 21 heavy (non-hydrogen) atoms. The van der Waals surface area contributed by atoms with Crippen molar-refractivity contribution in [1.82, 2.24) is 0 Å². The highest BCUT2D eigenvalue weighted by atomic mass is 35.5. The summed E-state index contributed by atoms with van der Waals surface area (Å²) in [6.07, 6.45) is 5.38. The van der Waals surface area contributed by atoms with Gasteiger partial charge in [-0.2, -0.15) is 0 Å². The predicted octanol–water partition coefficient (Wildman–Crippen LogP) is 4.46. The molecule has 0 bridgehead atoms. The van der Waals surface area contributed by atoms with Crippen LogP contribution in [0.3, 0.4) is 0 Å². The molecule has 0 radical (unpaired) electrons. The van der Waals surface area contributed by atoms with Crippen LogP contribution < -0.4 is 4.74 Å². The number of ether oxygens (including phenoxy) is 1. The van der Waals surface area contributed by atoms with Crippen molar-refractivity contribution in [2.24, 2.45) is 5.92 Å². The molecule has 1 aliphatic rings. The van der Waals surface area contributed by atoms with Crippen molar-refractivity contribution in [1.29, 1.82) is 0 Å². The first kappa shape index (κ1) is 16.0. The van der Waals surface area contributed by atoms with Crippen molar-refractivity contribution < 1.29 is 14.3 Å². The standard InChI is InChI=1S/C17H21ClO3/c1-12(19)6-8-16(20)15-10-14(18)7-9-17(15)21-11-13-4-2-3-5-13/h7,9-10,13H,2-6,8,11H2,1H3. The lowest BCUT2D eigenvalue weighted by Crippen LogP contribution is -2.11. The number of hydrogen-bond donors (Lipinski definition) is 0. The first-order valence-corrected chi connectivity index (χ1v) is 7.89. The number of rotatable bonds is 7. The van der Waals surface area contributed by atoms with Gasteiger partial charge in [0.15, 0.2) is 5.78 Å². The molecule has 0 aromatic heterocycles. The third-order valence-electron chi connectivity index (χ3n) is 3.90. The molecule has 0 spiro atoms. The van der Waals surface area contributed by atoms with Gasteiger partial charge < -0.3 is 9.53 Å². The highest BCUT2D eigenvalue weighted by Crippen LogP contribution is 2.28. The summed E-state index contributed by atoms with van der Waals surface area (Å²) >= 11 is 5.98. The van der Waals surface area contributed by atoms with Crippen LogP contribution in [0, 0.1) is 5.92 Å². The molecule has 3 nitrogen and oxygen atoms in total. The van der Waals surface area contributed by atoms with Crippen molar-refractivity contribution in [3.63, 3.8) is 0 Å². The first-order valence-electron chi connectivity index (χ1n) is 7.51. The van der Waals surface area contributed by atoms with Crippen molar-refractivity contribution in [3.8, 4) is 5.75 Å². The highest BCUT2D eigenvalue weighted by Gasteiger charge is 2.18. The van der Waals surface area contributed by atoms with Crippen LogP contribution >= 0.6 is 11.6 Å². The molecule has 0 heterocycles. The quantitative estimate of drug-likeness (QED) is 0.698. The van der Waals surface area contributed by atoms with Crippen molar-refractivity contribution in [2.45, 2.75) is 45.4 Å². The summed E-state index contributed by atoms with van der Waals surface area (Å²) in [5.41, 5.74) is 0.488. The summed E-state index contributed by atoms with van der Waals surface area (Å²) in [5.74, 6) is 1.09. The molecule has 2 rings (SSSR count). The summed E-state index contributed by atoms with van der Waals surface area (Å²) in [5, 5.41) is 0.509. The summed E-state index contributed by atoms with van der Waals surface area (Å²) in [6, 6.07) is 5.11. The molecule has 1 fully saturated rings. The van der Waals surface area contributed by atoms with Gasteiger partial charge in [-0.1, -0.05) is 24.4 Å². The Balaban J connectivity index is 2.05. The van der Waals surface area contributed by atoms with Crippen LogP contribution in [-0.4, -0.2) is 18.2 Å². The van der Waals surface area contributed by atoms with Crippen molar-refractivity contribution >= 4 is 23.2 Å². The van der Waals surface area contributed by atoms with Crippen LogP contribution in [0.5, 0.6) is 5.75 Å². The monoisotopic (exact) mass is 308 g/mol. The zero-order chi connectivity index (χ0) is 15.2. The SMILES string of the molecule is CC(=O)CCC(=O)c1cc(Cl)ccc1OCC1CCCC1. The molecule has 0 amide bonds. The fourth-order valence-electron chi connectivity index (χ4n) is 2.65. The van der Waals surface area contributed by atoms with E-state index in [2.05, 4.69) is 0 Å². The number of benzene rings is 1. The Kier molecular flexibility index (Phi) is 5.80.